The number of rotatable bonds is 7. The van der Waals surface area contributed by atoms with E-state index in [1.165, 1.54) is 0 Å². The zero-order valence-corrected chi connectivity index (χ0v) is 11.4. The Morgan fingerprint density at radius 1 is 1.33 bits per heavy atom. The standard InChI is InChI=1S/C13H25NO4/c1-3-17-12-5-7-14(8-6-12)10-11(15)9-13(16)18-4-2/h11-12,15H,3-10H2,1-2H3. The van der Waals surface area contributed by atoms with Gasteiger partial charge >= 0.3 is 5.97 Å². The van der Waals surface area contributed by atoms with Crippen LogP contribution in [0.4, 0.5) is 0 Å². The third kappa shape index (κ3) is 5.80. The second-order valence-corrected chi connectivity index (χ2v) is 4.62. The number of likely N-dealkylation sites (tertiary alicyclic amines) is 1. The summed E-state index contributed by atoms with van der Waals surface area (Å²) in [5.74, 6) is -0.325. The maximum atomic E-state index is 11.2. The normalized spacial score (nSPS) is 19.7. The van der Waals surface area contributed by atoms with Gasteiger partial charge in [-0.15, -0.1) is 0 Å². The first-order valence-electron chi connectivity index (χ1n) is 6.83. The minimum atomic E-state index is -0.632. The zero-order chi connectivity index (χ0) is 13.4. The van der Waals surface area contributed by atoms with Crippen LogP contribution >= 0.6 is 0 Å². The Kier molecular flexibility index (Phi) is 7.23. The van der Waals surface area contributed by atoms with E-state index in [0.29, 0.717) is 19.3 Å². The van der Waals surface area contributed by atoms with Gasteiger partial charge < -0.3 is 19.5 Å². The van der Waals surface area contributed by atoms with Crippen molar-refractivity contribution in [2.24, 2.45) is 0 Å². The lowest BCUT2D eigenvalue weighted by Gasteiger charge is -2.32. The van der Waals surface area contributed by atoms with Crippen LogP contribution < -0.4 is 0 Å². The summed E-state index contributed by atoms with van der Waals surface area (Å²) in [4.78, 5) is 13.4. The van der Waals surface area contributed by atoms with Gasteiger partial charge in [-0.1, -0.05) is 0 Å². The Labute approximate surface area is 109 Å². The summed E-state index contributed by atoms with van der Waals surface area (Å²) in [7, 11) is 0. The van der Waals surface area contributed by atoms with Crippen LogP contribution in [0, 0.1) is 0 Å². The topological polar surface area (TPSA) is 59.0 Å². The first-order chi connectivity index (χ1) is 8.65. The van der Waals surface area contributed by atoms with Gasteiger partial charge in [0, 0.05) is 26.2 Å². The minimum Gasteiger partial charge on any atom is -0.466 e. The van der Waals surface area contributed by atoms with E-state index in [4.69, 9.17) is 9.47 Å². The average Bonchev–Trinajstić information content (AvgIpc) is 2.32. The third-order valence-electron chi connectivity index (χ3n) is 3.11. The number of nitrogens with zero attached hydrogens (tertiary/aromatic N) is 1. The van der Waals surface area contributed by atoms with Crippen LogP contribution in [-0.4, -0.2) is 61.0 Å². The molecule has 18 heavy (non-hydrogen) atoms. The lowest BCUT2D eigenvalue weighted by atomic mass is 10.1. The van der Waals surface area contributed by atoms with Crippen molar-refractivity contribution in [2.75, 3.05) is 32.8 Å². The molecule has 1 rings (SSSR count). The van der Waals surface area contributed by atoms with Gasteiger partial charge in [-0.05, 0) is 26.7 Å². The Bertz CT molecular complexity index is 239. The average molecular weight is 259 g/mol. The van der Waals surface area contributed by atoms with E-state index in [1.54, 1.807) is 6.92 Å². The molecule has 1 aliphatic heterocycles. The van der Waals surface area contributed by atoms with Gasteiger partial charge in [-0.25, -0.2) is 0 Å². The van der Waals surface area contributed by atoms with Gasteiger partial charge in [0.1, 0.15) is 0 Å². The van der Waals surface area contributed by atoms with E-state index in [2.05, 4.69) is 4.90 Å². The summed E-state index contributed by atoms with van der Waals surface area (Å²) in [6, 6.07) is 0. The van der Waals surface area contributed by atoms with Crippen molar-refractivity contribution in [1.82, 2.24) is 4.90 Å². The summed E-state index contributed by atoms with van der Waals surface area (Å²) in [5.41, 5.74) is 0. The first kappa shape index (κ1) is 15.4. The van der Waals surface area contributed by atoms with E-state index < -0.39 is 6.10 Å². The zero-order valence-electron chi connectivity index (χ0n) is 11.4. The maximum Gasteiger partial charge on any atom is 0.308 e. The number of aliphatic hydroxyl groups is 1. The minimum absolute atomic E-state index is 0.0826. The molecule has 1 heterocycles. The number of esters is 1. The summed E-state index contributed by atoms with van der Waals surface area (Å²) < 4.78 is 10.4. The van der Waals surface area contributed by atoms with Crippen molar-refractivity contribution < 1.29 is 19.4 Å². The molecule has 1 aliphatic rings. The van der Waals surface area contributed by atoms with Crippen LogP contribution in [-0.2, 0) is 14.3 Å². The molecule has 0 saturated carbocycles. The molecule has 0 aromatic heterocycles. The molecule has 1 atom stereocenters. The molecule has 0 aliphatic carbocycles. The number of β-amino-alcohol motifs (C(OH)–C–C–N with tert-alkyl or cyclic N) is 1. The molecule has 5 nitrogen and oxygen atoms in total. The van der Waals surface area contributed by atoms with Crippen LogP contribution in [0.2, 0.25) is 0 Å². The van der Waals surface area contributed by atoms with Crippen LogP contribution in [0.5, 0.6) is 0 Å². The fourth-order valence-electron chi connectivity index (χ4n) is 2.27. The second kappa shape index (κ2) is 8.45. The molecule has 1 unspecified atom stereocenters. The highest BCUT2D eigenvalue weighted by atomic mass is 16.5. The molecule has 0 aromatic carbocycles. The van der Waals surface area contributed by atoms with E-state index in [1.807, 2.05) is 6.92 Å². The molecule has 106 valence electrons. The molecule has 0 radical (unpaired) electrons. The van der Waals surface area contributed by atoms with Crippen molar-refractivity contribution in [3.63, 3.8) is 0 Å². The lowest BCUT2D eigenvalue weighted by Crippen LogP contribution is -2.41. The van der Waals surface area contributed by atoms with E-state index in [0.717, 1.165) is 32.5 Å². The number of hydrogen-bond donors (Lipinski definition) is 1. The Morgan fingerprint density at radius 3 is 2.56 bits per heavy atom. The summed E-state index contributed by atoms with van der Waals surface area (Å²) >= 11 is 0. The molecule has 5 heteroatoms. The van der Waals surface area contributed by atoms with Crippen molar-refractivity contribution in [2.45, 2.75) is 45.3 Å². The highest BCUT2D eigenvalue weighted by Gasteiger charge is 2.22. The van der Waals surface area contributed by atoms with Crippen LogP contribution in [0.25, 0.3) is 0 Å². The monoisotopic (exact) mass is 259 g/mol. The molecular formula is C13H25NO4. The van der Waals surface area contributed by atoms with Crippen molar-refractivity contribution in [3.8, 4) is 0 Å². The predicted molar refractivity (Wildman–Crippen MR) is 68.3 cm³/mol. The second-order valence-electron chi connectivity index (χ2n) is 4.62. The predicted octanol–water partition coefficient (Wildman–Crippen LogP) is 0.801. The molecule has 1 saturated heterocycles. The highest BCUT2D eigenvalue weighted by Crippen LogP contribution is 2.14. The summed E-state index contributed by atoms with van der Waals surface area (Å²) in [6.07, 6.45) is 1.81. The van der Waals surface area contributed by atoms with Gasteiger partial charge in [0.2, 0.25) is 0 Å². The number of aliphatic hydroxyl groups excluding tert-OH is 1. The molecule has 0 spiro atoms. The quantitative estimate of drug-likeness (QED) is 0.685. The number of carbonyl (C=O) groups excluding carboxylic acids is 1. The molecule has 0 bridgehead atoms. The first-order valence-corrected chi connectivity index (χ1v) is 6.83. The molecule has 1 fully saturated rings. The Balaban J connectivity index is 2.17. The smallest absolute Gasteiger partial charge is 0.308 e. The van der Waals surface area contributed by atoms with Gasteiger partial charge in [-0.2, -0.15) is 0 Å². The van der Waals surface area contributed by atoms with E-state index in [9.17, 15) is 9.90 Å². The van der Waals surface area contributed by atoms with Crippen molar-refractivity contribution >= 4 is 5.97 Å². The third-order valence-corrected chi connectivity index (χ3v) is 3.11. The maximum absolute atomic E-state index is 11.2. The molecule has 1 N–H and O–H groups in total. The number of piperidine rings is 1. The highest BCUT2D eigenvalue weighted by molar-refractivity contribution is 5.69. The Morgan fingerprint density at radius 2 is 2.00 bits per heavy atom. The SMILES string of the molecule is CCOC(=O)CC(O)CN1CCC(OCC)CC1. The van der Waals surface area contributed by atoms with Crippen LogP contribution in [0.15, 0.2) is 0 Å². The number of hydrogen-bond acceptors (Lipinski definition) is 5. The number of carbonyl (C=O) groups is 1. The van der Waals surface area contributed by atoms with Crippen molar-refractivity contribution in [3.05, 3.63) is 0 Å². The largest absolute Gasteiger partial charge is 0.466 e. The van der Waals surface area contributed by atoms with Gasteiger partial charge in [0.15, 0.2) is 0 Å². The van der Waals surface area contributed by atoms with Gasteiger partial charge in [0.05, 0.1) is 25.2 Å². The van der Waals surface area contributed by atoms with Crippen LogP contribution in [0.3, 0.4) is 0 Å². The van der Waals surface area contributed by atoms with Crippen LogP contribution in [0.1, 0.15) is 33.1 Å². The van der Waals surface area contributed by atoms with Gasteiger partial charge in [-0.3, -0.25) is 4.79 Å². The van der Waals surface area contributed by atoms with E-state index >= 15 is 0 Å². The molecule has 0 aromatic rings. The fourth-order valence-corrected chi connectivity index (χ4v) is 2.27. The lowest BCUT2D eigenvalue weighted by molar-refractivity contribution is -0.145. The Hall–Kier alpha value is -0.650. The van der Waals surface area contributed by atoms with Crippen molar-refractivity contribution in [1.29, 1.82) is 0 Å². The fraction of sp³-hybridized carbons (Fsp3) is 0.923. The van der Waals surface area contributed by atoms with Gasteiger partial charge in [0.25, 0.3) is 0 Å². The number of ether oxygens (including phenoxy) is 2. The summed E-state index contributed by atoms with van der Waals surface area (Å²) in [5, 5.41) is 9.79. The van der Waals surface area contributed by atoms with E-state index in [-0.39, 0.29) is 12.4 Å². The summed E-state index contributed by atoms with van der Waals surface area (Å²) in [6.45, 7) is 7.28. The molecular weight excluding hydrogens is 234 g/mol. The molecule has 0 amide bonds.